The predicted octanol–water partition coefficient (Wildman–Crippen LogP) is 6.66. The van der Waals surface area contributed by atoms with Gasteiger partial charge >= 0.3 is 6.03 Å². The summed E-state index contributed by atoms with van der Waals surface area (Å²) in [7, 11) is 0. The lowest BCUT2D eigenvalue weighted by atomic mass is 9.96. The second-order valence-electron chi connectivity index (χ2n) is 9.30. The first kappa shape index (κ1) is 27.3. The van der Waals surface area contributed by atoms with Gasteiger partial charge in [0.1, 0.15) is 0 Å². The van der Waals surface area contributed by atoms with Crippen molar-refractivity contribution in [3.63, 3.8) is 0 Å². The van der Waals surface area contributed by atoms with Crippen LogP contribution in [0.2, 0.25) is 0 Å². The molecule has 4 rings (SSSR count). The molecule has 2 heterocycles. The summed E-state index contributed by atoms with van der Waals surface area (Å²) in [5, 5.41) is 6.24. The summed E-state index contributed by atoms with van der Waals surface area (Å²) in [6.45, 7) is 4.81. The first-order chi connectivity index (χ1) is 18.3. The number of carbonyl (C=O) groups excluding carboxylic acids is 2. The lowest BCUT2D eigenvalue weighted by Gasteiger charge is -2.15. The Bertz CT molecular complexity index is 1450. The number of rotatable bonds is 10. The Morgan fingerprint density at radius 2 is 1.87 bits per heavy atom. The summed E-state index contributed by atoms with van der Waals surface area (Å²) < 4.78 is 29.1. The largest absolute Gasteiger partial charge is 0.338 e. The van der Waals surface area contributed by atoms with Crippen LogP contribution in [0.15, 0.2) is 60.8 Å². The molecule has 0 bridgehead atoms. The Morgan fingerprint density at radius 1 is 1.05 bits per heavy atom. The van der Waals surface area contributed by atoms with E-state index in [2.05, 4.69) is 20.2 Å². The second-order valence-corrected chi connectivity index (χ2v) is 9.67. The van der Waals surface area contributed by atoms with Crippen molar-refractivity contribution >= 4 is 40.0 Å². The van der Waals surface area contributed by atoms with Crippen LogP contribution in [-0.2, 0) is 13.0 Å². The summed E-state index contributed by atoms with van der Waals surface area (Å²) in [5.41, 5.74) is 4.17. The van der Waals surface area contributed by atoms with Crippen LogP contribution in [0.4, 0.5) is 19.3 Å². The number of alkyl halides is 1. The molecule has 0 aliphatic carbocycles. The number of ketones is 1. The molecule has 0 saturated heterocycles. The number of nitrogens with zero attached hydrogens (tertiary/aromatic N) is 2. The molecule has 2 aromatic carbocycles. The third-order valence-corrected chi connectivity index (χ3v) is 6.43. The van der Waals surface area contributed by atoms with E-state index in [4.69, 9.17) is 11.6 Å². The summed E-state index contributed by atoms with van der Waals surface area (Å²) >= 11 is 5.66. The maximum Gasteiger partial charge on any atom is 0.319 e. The molecule has 9 heteroatoms. The normalized spacial score (nSPS) is 11.2. The van der Waals surface area contributed by atoms with Crippen LogP contribution in [0.1, 0.15) is 53.5 Å². The quantitative estimate of drug-likeness (QED) is 0.175. The minimum absolute atomic E-state index is 0.00300. The average molecular weight is 539 g/mol. The number of amides is 2. The van der Waals surface area contributed by atoms with Crippen LogP contribution in [0, 0.1) is 11.6 Å². The molecular weight excluding hydrogens is 510 g/mol. The number of hydrogen-bond acceptors (Lipinski definition) is 3. The van der Waals surface area contributed by atoms with Crippen molar-refractivity contribution in [2.75, 3.05) is 17.7 Å². The lowest BCUT2D eigenvalue weighted by molar-refractivity contribution is 0.0982. The van der Waals surface area contributed by atoms with Crippen molar-refractivity contribution in [2.45, 2.75) is 39.2 Å². The van der Waals surface area contributed by atoms with Gasteiger partial charge in [0.2, 0.25) is 0 Å². The molecule has 0 aliphatic rings. The van der Waals surface area contributed by atoms with Crippen molar-refractivity contribution < 1.29 is 18.4 Å². The van der Waals surface area contributed by atoms with E-state index in [0.29, 0.717) is 35.8 Å². The third kappa shape index (κ3) is 6.19. The highest BCUT2D eigenvalue weighted by Crippen LogP contribution is 2.35. The van der Waals surface area contributed by atoms with Crippen LogP contribution < -0.4 is 10.6 Å². The van der Waals surface area contributed by atoms with Gasteiger partial charge < -0.3 is 15.2 Å². The Kier molecular flexibility index (Phi) is 8.73. The van der Waals surface area contributed by atoms with Gasteiger partial charge in [-0.2, -0.15) is 0 Å². The van der Waals surface area contributed by atoms with Gasteiger partial charge in [-0.15, -0.1) is 11.6 Å². The highest BCUT2D eigenvalue weighted by atomic mass is 35.5. The molecule has 2 aromatic heterocycles. The molecule has 0 atom stereocenters. The zero-order valence-corrected chi connectivity index (χ0v) is 22.0. The maximum absolute atomic E-state index is 13.7. The topological polar surface area (TPSA) is 76.0 Å². The summed E-state index contributed by atoms with van der Waals surface area (Å²) in [6, 6.07) is 14.4. The molecule has 0 fully saturated rings. The average Bonchev–Trinajstić information content (AvgIpc) is 3.22. The van der Waals surface area contributed by atoms with Gasteiger partial charge in [0.25, 0.3) is 0 Å². The molecule has 0 unspecified atom stereocenters. The molecule has 2 N–H and O–H groups in total. The van der Waals surface area contributed by atoms with Gasteiger partial charge in [0, 0.05) is 47.4 Å². The second kappa shape index (κ2) is 12.2. The molecule has 38 heavy (non-hydrogen) atoms. The highest BCUT2D eigenvalue weighted by Gasteiger charge is 2.25. The molecule has 6 nitrogen and oxygen atoms in total. The first-order valence-electron chi connectivity index (χ1n) is 12.4. The fourth-order valence-electron chi connectivity index (χ4n) is 4.58. The van der Waals surface area contributed by atoms with E-state index >= 15 is 0 Å². The number of Topliss-reactive ketones (excluding diaryl/α,β-unsaturated/α-hetero) is 1. The Hall–Kier alpha value is -3.78. The minimum atomic E-state index is -0.931. The number of halogens is 3. The first-order valence-corrected chi connectivity index (χ1v) is 13.0. The molecular formula is C29H29ClF2N4O2. The van der Waals surface area contributed by atoms with Gasteiger partial charge in [-0.1, -0.05) is 32.0 Å². The van der Waals surface area contributed by atoms with Crippen LogP contribution in [-0.4, -0.2) is 33.8 Å². The molecule has 4 aromatic rings. The number of benzene rings is 2. The van der Waals surface area contributed by atoms with Crippen LogP contribution in [0.3, 0.4) is 0 Å². The van der Waals surface area contributed by atoms with Crippen LogP contribution in [0.25, 0.3) is 10.9 Å². The minimum Gasteiger partial charge on any atom is -0.338 e. The van der Waals surface area contributed by atoms with E-state index in [1.54, 1.807) is 12.3 Å². The number of urea groups is 1. The van der Waals surface area contributed by atoms with E-state index in [1.807, 2.05) is 44.2 Å². The maximum atomic E-state index is 13.7. The van der Waals surface area contributed by atoms with Crippen LogP contribution >= 0.6 is 11.6 Å². The Morgan fingerprint density at radius 3 is 2.55 bits per heavy atom. The number of fused-ring (bicyclic) bond motifs is 1. The number of aryl methyl sites for hydroxylation is 1. The molecule has 0 aliphatic heterocycles. The van der Waals surface area contributed by atoms with E-state index in [-0.39, 0.29) is 30.6 Å². The Balaban J connectivity index is 1.76. The monoisotopic (exact) mass is 538 g/mol. The van der Waals surface area contributed by atoms with Gasteiger partial charge in [-0.3, -0.25) is 9.78 Å². The molecule has 0 spiro atoms. The molecule has 0 radical (unpaired) electrons. The smallest absolute Gasteiger partial charge is 0.319 e. The summed E-state index contributed by atoms with van der Waals surface area (Å²) in [5.74, 6) is -1.64. The molecule has 0 saturated carbocycles. The van der Waals surface area contributed by atoms with Crippen molar-refractivity contribution in [3.8, 4) is 0 Å². The number of hydrogen-bond donors (Lipinski definition) is 2. The third-order valence-electron chi connectivity index (χ3n) is 6.24. The number of carbonyl (C=O) groups is 2. The predicted molar refractivity (Wildman–Crippen MR) is 146 cm³/mol. The van der Waals surface area contributed by atoms with E-state index < -0.39 is 11.6 Å². The standard InChI is InChI=1S/C29H29ClF2N4O2/c1-18(2)28-27(26(37)11-7-19-6-10-23(31)24(32)15-19)22-9-8-20(35-29(38)34-14-12-30)16-25(22)36(28)17-21-5-3-4-13-33-21/h3-6,8-10,13,15-16,18H,7,11-12,14,17H2,1-2H3,(H2,34,35,38). The van der Waals surface area contributed by atoms with Gasteiger partial charge in [0.15, 0.2) is 17.4 Å². The van der Waals surface area contributed by atoms with Crippen molar-refractivity contribution in [3.05, 3.63) is 94.9 Å². The van der Waals surface area contributed by atoms with Crippen molar-refractivity contribution in [2.24, 2.45) is 0 Å². The zero-order valence-electron chi connectivity index (χ0n) is 21.2. The van der Waals surface area contributed by atoms with Crippen molar-refractivity contribution in [1.29, 1.82) is 0 Å². The van der Waals surface area contributed by atoms with Gasteiger partial charge in [0.05, 0.1) is 17.8 Å². The zero-order chi connectivity index (χ0) is 27.2. The number of nitrogens with one attached hydrogen (secondary N) is 2. The lowest BCUT2D eigenvalue weighted by Crippen LogP contribution is -2.30. The van der Waals surface area contributed by atoms with Crippen molar-refractivity contribution in [1.82, 2.24) is 14.9 Å². The van der Waals surface area contributed by atoms with E-state index in [9.17, 15) is 18.4 Å². The fourth-order valence-corrected chi connectivity index (χ4v) is 4.67. The van der Waals surface area contributed by atoms with Gasteiger partial charge in [-0.25, -0.2) is 13.6 Å². The number of pyridine rings is 1. The summed E-state index contributed by atoms with van der Waals surface area (Å²) in [6.07, 6.45) is 2.13. The number of anilines is 1. The summed E-state index contributed by atoms with van der Waals surface area (Å²) in [4.78, 5) is 30.4. The number of aromatic nitrogens is 2. The molecule has 2 amide bonds. The van der Waals surface area contributed by atoms with E-state index in [1.165, 1.54) is 6.07 Å². The van der Waals surface area contributed by atoms with Gasteiger partial charge in [-0.05, 0) is 54.3 Å². The molecule has 198 valence electrons. The SMILES string of the molecule is CC(C)c1c(C(=O)CCc2ccc(F)c(F)c2)c2ccc(NC(=O)NCCCl)cc2n1Cc1ccccn1. The highest BCUT2D eigenvalue weighted by molar-refractivity contribution is 6.18. The van der Waals surface area contributed by atoms with E-state index in [0.717, 1.165) is 34.4 Å². The van der Waals surface area contributed by atoms with Crippen LogP contribution in [0.5, 0.6) is 0 Å². The Labute approximate surface area is 225 Å². The fraction of sp³-hybridized carbons (Fsp3) is 0.276.